The Bertz CT molecular complexity index is 343. The van der Waals surface area contributed by atoms with Crippen LogP contribution in [0.4, 0.5) is 0 Å². The van der Waals surface area contributed by atoms with Crippen molar-refractivity contribution in [3.05, 3.63) is 29.8 Å². The van der Waals surface area contributed by atoms with Crippen LogP contribution in [-0.4, -0.2) is 19.2 Å². The highest BCUT2D eigenvalue weighted by molar-refractivity contribution is 5.69. The highest BCUT2D eigenvalue weighted by Crippen LogP contribution is 2.14. The Labute approximate surface area is 109 Å². The molecule has 0 aliphatic carbocycles. The van der Waals surface area contributed by atoms with Crippen molar-refractivity contribution in [1.82, 2.24) is 0 Å². The van der Waals surface area contributed by atoms with Crippen molar-refractivity contribution in [1.29, 1.82) is 0 Å². The molecule has 0 aromatic heterocycles. The average Bonchev–Trinajstić information content (AvgIpc) is 2.38. The van der Waals surface area contributed by atoms with E-state index in [0.29, 0.717) is 13.0 Å². The Morgan fingerprint density at radius 2 is 1.89 bits per heavy atom. The highest BCUT2D eigenvalue weighted by atomic mass is 16.5. The Morgan fingerprint density at radius 1 is 1.17 bits per heavy atom. The third kappa shape index (κ3) is 5.71. The molecule has 1 aromatic rings. The molecule has 0 bridgehead atoms. The Morgan fingerprint density at radius 3 is 2.50 bits per heavy atom. The molecule has 100 valence electrons. The van der Waals surface area contributed by atoms with Crippen molar-refractivity contribution in [2.45, 2.75) is 39.5 Å². The lowest BCUT2D eigenvalue weighted by Gasteiger charge is -2.06. The summed E-state index contributed by atoms with van der Waals surface area (Å²) in [4.78, 5) is 11.2. The first kappa shape index (κ1) is 14.6. The SMILES string of the molecule is CCCOc1ccc(CCCC(=O)OCC)cc1. The number of benzene rings is 1. The maximum Gasteiger partial charge on any atom is 0.305 e. The van der Waals surface area contributed by atoms with E-state index in [1.807, 2.05) is 19.1 Å². The molecule has 0 aliphatic heterocycles. The van der Waals surface area contributed by atoms with Crippen LogP contribution in [0.3, 0.4) is 0 Å². The first-order valence-electron chi connectivity index (χ1n) is 6.63. The van der Waals surface area contributed by atoms with E-state index in [1.165, 1.54) is 5.56 Å². The fourth-order valence-electron chi connectivity index (χ4n) is 1.64. The first-order valence-corrected chi connectivity index (χ1v) is 6.63. The minimum atomic E-state index is -0.111. The summed E-state index contributed by atoms with van der Waals surface area (Å²) in [6.07, 6.45) is 3.23. The molecule has 3 heteroatoms. The van der Waals surface area contributed by atoms with Crippen LogP contribution in [0.1, 0.15) is 38.7 Å². The number of rotatable bonds is 8. The van der Waals surface area contributed by atoms with Crippen molar-refractivity contribution >= 4 is 5.97 Å². The van der Waals surface area contributed by atoms with Crippen molar-refractivity contribution < 1.29 is 14.3 Å². The van der Waals surface area contributed by atoms with Gasteiger partial charge in [-0.2, -0.15) is 0 Å². The zero-order chi connectivity index (χ0) is 13.2. The number of carbonyl (C=O) groups is 1. The lowest BCUT2D eigenvalue weighted by molar-refractivity contribution is -0.143. The number of ether oxygens (including phenoxy) is 2. The van der Waals surface area contributed by atoms with Gasteiger partial charge < -0.3 is 9.47 Å². The topological polar surface area (TPSA) is 35.5 Å². The summed E-state index contributed by atoms with van der Waals surface area (Å²) in [5.74, 6) is 0.798. The van der Waals surface area contributed by atoms with Crippen molar-refractivity contribution in [2.24, 2.45) is 0 Å². The lowest BCUT2D eigenvalue weighted by Crippen LogP contribution is -2.04. The monoisotopic (exact) mass is 250 g/mol. The zero-order valence-corrected chi connectivity index (χ0v) is 11.3. The van der Waals surface area contributed by atoms with E-state index in [9.17, 15) is 4.79 Å². The maximum absolute atomic E-state index is 11.2. The van der Waals surface area contributed by atoms with Gasteiger partial charge in [0.25, 0.3) is 0 Å². The van der Waals surface area contributed by atoms with Gasteiger partial charge in [-0.1, -0.05) is 19.1 Å². The molecular weight excluding hydrogens is 228 g/mol. The molecule has 0 unspecified atom stereocenters. The zero-order valence-electron chi connectivity index (χ0n) is 11.3. The van der Waals surface area contributed by atoms with E-state index in [1.54, 1.807) is 0 Å². The van der Waals surface area contributed by atoms with Gasteiger partial charge in [-0.3, -0.25) is 4.79 Å². The minimum absolute atomic E-state index is 0.111. The third-order valence-electron chi connectivity index (χ3n) is 2.55. The minimum Gasteiger partial charge on any atom is -0.494 e. The van der Waals surface area contributed by atoms with Crippen LogP contribution < -0.4 is 4.74 Å². The van der Waals surface area contributed by atoms with Crippen molar-refractivity contribution in [2.75, 3.05) is 13.2 Å². The summed E-state index contributed by atoms with van der Waals surface area (Å²) in [6.45, 7) is 5.13. The van der Waals surface area contributed by atoms with Gasteiger partial charge in [0.05, 0.1) is 13.2 Å². The van der Waals surface area contributed by atoms with E-state index in [4.69, 9.17) is 9.47 Å². The number of hydrogen-bond acceptors (Lipinski definition) is 3. The van der Waals surface area contributed by atoms with Gasteiger partial charge in [0, 0.05) is 6.42 Å². The van der Waals surface area contributed by atoms with Crippen LogP contribution in [0.2, 0.25) is 0 Å². The fraction of sp³-hybridized carbons (Fsp3) is 0.533. The fourth-order valence-corrected chi connectivity index (χ4v) is 1.64. The normalized spacial score (nSPS) is 10.1. The van der Waals surface area contributed by atoms with Crippen LogP contribution in [0, 0.1) is 0 Å². The van der Waals surface area contributed by atoms with Crippen LogP contribution in [0.25, 0.3) is 0 Å². The molecule has 18 heavy (non-hydrogen) atoms. The molecule has 0 fully saturated rings. The van der Waals surface area contributed by atoms with E-state index in [0.717, 1.165) is 31.6 Å². The molecule has 0 spiro atoms. The summed E-state index contributed by atoms with van der Waals surface area (Å²) in [7, 11) is 0. The van der Waals surface area contributed by atoms with E-state index >= 15 is 0 Å². The molecule has 3 nitrogen and oxygen atoms in total. The van der Waals surface area contributed by atoms with Gasteiger partial charge in [-0.25, -0.2) is 0 Å². The molecule has 0 heterocycles. The van der Waals surface area contributed by atoms with Gasteiger partial charge in [0.2, 0.25) is 0 Å². The van der Waals surface area contributed by atoms with Crippen LogP contribution in [0.15, 0.2) is 24.3 Å². The standard InChI is InChI=1S/C15H22O3/c1-3-12-18-14-10-8-13(9-11-14)6-5-7-15(16)17-4-2/h8-11H,3-7,12H2,1-2H3. The molecule has 0 atom stereocenters. The molecule has 1 rings (SSSR count). The highest BCUT2D eigenvalue weighted by Gasteiger charge is 2.02. The lowest BCUT2D eigenvalue weighted by atomic mass is 10.1. The second-order valence-corrected chi connectivity index (χ2v) is 4.15. The predicted octanol–water partition coefficient (Wildman–Crippen LogP) is 3.36. The number of esters is 1. The molecule has 0 amide bonds. The summed E-state index contributed by atoms with van der Waals surface area (Å²) in [5, 5.41) is 0. The second kappa shape index (κ2) is 8.56. The Balaban J connectivity index is 2.28. The number of hydrogen-bond donors (Lipinski definition) is 0. The van der Waals surface area contributed by atoms with E-state index in [-0.39, 0.29) is 5.97 Å². The van der Waals surface area contributed by atoms with E-state index < -0.39 is 0 Å². The molecule has 0 aliphatic rings. The smallest absolute Gasteiger partial charge is 0.305 e. The summed E-state index contributed by atoms with van der Waals surface area (Å²) in [5.41, 5.74) is 1.23. The summed E-state index contributed by atoms with van der Waals surface area (Å²) < 4.78 is 10.4. The Hall–Kier alpha value is -1.51. The van der Waals surface area contributed by atoms with Gasteiger partial charge >= 0.3 is 5.97 Å². The van der Waals surface area contributed by atoms with Crippen molar-refractivity contribution in [3.63, 3.8) is 0 Å². The predicted molar refractivity (Wildman–Crippen MR) is 71.8 cm³/mol. The van der Waals surface area contributed by atoms with E-state index in [2.05, 4.69) is 19.1 Å². The molecular formula is C15H22O3. The van der Waals surface area contributed by atoms with Gasteiger partial charge in [-0.05, 0) is 43.9 Å². The quantitative estimate of drug-likeness (QED) is 0.664. The van der Waals surface area contributed by atoms with Crippen molar-refractivity contribution in [3.8, 4) is 5.75 Å². The maximum atomic E-state index is 11.2. The first-order chi connectivity index (χ1) is 8.76. The number of carbonyl (C=O) groups excluding carboxylic acids is 1. The summed E-state index contributed by atoms with van der Waals surface area (Å²) in [6, 6.07) is 8.07. The van der Waals surface area contributed by atoms with Gasteiger partial charge in [0.15, 0.2) is 0 Å². The third-order valence-corrected chi connectivity index (χ3v) is 2.55. The van der Waals surface area contributed by atoms with Crippen LogP contribution in [-0.2, 0) is 16.0 Å². The number of aryl methyl sites for hydroxylation is 1. The molecule has 0 saturated heterocycles. The molecule has 0 N–H and O–H groups in total. The van der Waals surface area contributed by atoms with Crippen LogP contribution >= 0.6 is 0 Å². The Kier molecular flexibility index (Phi) is 6.92. The molecule has 0 saturated carbocycles. The largest absolute Gasteiger partial charge is 0.494 e. The molecule has 1 aromatic carbocycles. The second-order valence-electron chi connectivity index (χ2n) is 4.15. The van der Waals surface area contributed by atoms with Crippen LogP contribution in [0.5, 0.6) is 5.75 Å². The van der Waals surface area contributed by atoms with Gasteiger partial charge in [0.1, 0.15) is 5.75 Å². The summed E-state index contributed by atoms with van der Waals surface area (Å²) >= 11 is 0. The average molecular weight is 250 g/mol. The molecule has 0 radical (unpaired) electrons. The van der Waals surface area contributed by atoms with Gasteiger partial charge in [-0.15, -0.1) is 0 Å².